The van der Waals surface area contributed by atoms with E-state index in [9.17, 15) is 0 Å². The van der Waals surface area contributed by atoms with Crippen molar-refractivity contribution in [1.82, 2.24) is 19.7 Å². The van der Waals surface area contributed by atoms with E-state index in [0.717, 1.165) is 26.9 Å². The highest BCUT2D eigenvalue weighted by molar-refractivity contribution is 9.10. The van der Waals surface area contributed by atoms with Crippen molar-refractivity contribution in [3.8, 4) is 22.6 Å². The minimum absolute atomic E-state index is 0.444. The summed E-state index contributed by atoms with van der Waals surface area (Å²) in [5.74, 6) is 1.06. The number of halogens is 1. The number of nitrogens with two attached hydrogens (primary N) is 1. The Morgan fingerprint density at radius 3 is 2.62 bits per heavy atom. The lowest BCUT2D eigenvalue weighted by Crippen LogP contribution is -1.98. The predicted octanol–water partition coefficient (Wildman–Crippen LogP) is 3.20. The Morgan fingerprint density at radius 1 is 1.14 bits per heavy atom. The molecule has 0 aliphatic heterocycles. The van der Waals surface area contributed by atoms with E-state index in [2.05, 4.69) is 31.0 Å². The molecule has 106 valence electrons. The van der Waals surface area contributed by atoms with E-state index in [0.29, 0.717) is 11.6 Å². The quantitative estimate of drug-likeness (QED) is 0.775. The molecule has 0 spiro atoms. The molecule has 6 heteroatoms. The van der Waals surface area contributed by atoms with Crippen molar-refractivity contribution in [2.75, 3.05) is 5.73 Å². The van der Waals surface area contributed by atoms with Crippen LogP contribution in [0.2, 0.25) is 0 Å². The first kappa shape index (κ1) is 13.8. The fraction of sp³-hybridized carbons (Fsp3) is 0.133. The molecule has 2 N–H and O–H groups in total. The van der Waals surface area contributed by atoms with Crippen LogP contribution < -0.4 is 5.73 Å². The molecule has 0 aliphatic carbocycles. The van der Waals surface area contributed by atoms with Crippen molar-refractivity contribution < 1.29 is 0 Å². The van der Waals surface area contributed by atoms with Crippen molar-refractivity contribution in [2.24, 2.45) is 7.05 Å². The van der Waals surface area contributed by atoms with Gasteiger partial charge in [0, 0.05) is 34.9 Å². The Bertz CT molecular complexity index is 810. The largest absolute Gasteiger partial charge is 0.384 e. The molecule has 0 unspecified atom stereocenters. The summed E-state index contributed by atoms with van der Waals surface area (Å²) in [5.41, 5.74) is 9.67. The molecule has 3 rings (SSSR count). The van der Waals surface area contributed by atoms with Gasteiger partial charge in [0.1, 0.15) is 5.82 Å². The summed E-state index contributed by atoms with van der Waals surface area (Å²) in [7, 11) is 1.87. The van der Waals surface area contributed by atoms with Gasteiger partial charge in [0.15, 0.2) is 5.82 Å². The van der Waals surface area contributed by atoms with E-state index >= 15 is 0 Å². The average Bonchev–Trinajstić information content (AvgIpc) is 2.88. The van der Waals surface area contributed by atoms with Gasteiger partial charge in [-0.05, 0) is 24.6 Å². The number of aromatic nitrogens is 4. The van der Waals surface area contributed by atoms with Crippen LogP contribution in [0.15, 0.2) is 41.1 Å². The van der Waals surface area contributed by atoms with Crippen LogP contribution in [-0.4, -0.2) is 19.7 Å². The van der Waals surface area contributed by atoms with Gasteiger partial charge in [0.25, 0.3) is 0 Å². The average molecular weight is 344 g/mol. The molecule has 0 saturated heterocycles. The fourth-order valence-electron chi connectivity index (χ4n) is 2.08. The third-order valence-corrected chi connectivity index (χ3v) is 4.05. The van der Waals surface area contributed by atoms with Crippen LogP contribution >= 0.6 is 15.9 Å². The van der Waals surface area contributed by atoms with Gasteiger partial charge in [-0.15, -0.1) is 0 Å². The maximum absolute atomic E-state index is 5.92. The second-order valence-electron chi connectivity index (χ2n) is 4.87. The van der Waals surface area contributed by atoms with E-state index in [4.69, 9.17) is 5.73 Å². The molecule has 0 bridgehead atoms. The van der Waals surface area contributed by atoms with Crippen molar-refractivity contribution >= 4 is 21.7 Å². The van der Waals surface area contributed by atoms with E-state index in [-0.39, 0.29) is 0 Å². The summed E-state index contributed by atoms with van der Waals surface area (Å²) in [6.45, 7) is 2.03. The van der Waals surface area contributed by atoms with Crippen molar-refractivity contribution in [1.29, 1.82) is 0 Å². The first-order chi connectivity index (χ1) is 10.0. The van der Waals surface area contributed by atoms with Crippen LogP contribution in [0.3, 0.4) is 0 Å². The van der Waals surface area contributed by atoms with E-state index in [1.54, 1.807) is 16.9 Å². The first-order valence-electron chi connectivity index (χ1n) is 6.43. The van der Waals surface area contributed by atoms with E-state index in [1.807, 2.05) is 38.4 Å². The Kier molecular flexibility index (Phi) is 3.47. The van der Waals surface area contributed by atoms with Gasteiger partial charge < -0.3 is 5.73 Å². The third kappa shape index (κ3) is 2.80. The topological polar surface area (TPSA) is 69.6 Å². The monoisotopic (exact) mass is 343 g/mol. The highest BCUT2D eigenvalue weighted by atomic mass is 79.9. The maximum atomic E-state index is 5.92. The highest BCUT2D eigenvalue weighted by Crippen LogP contribution is 2.26. The maximum Gasteiger partial charge on any atom is 0.162 e. The van der Waals surface area contributed by atoms with Gasteiger partial charge in [0.05, 0.1) is 11.9 Å². The van der Waals surface area contributed by atoms with Crippen molar-refractivity contribution in [2.45, 2.75) is 6.92 Å². The fourth-order valence-corrected chi connectivity index (χ4v) is 2.33. The number of benzene rings is 1. The lowest BCUT2D eigenvalue weighted by Gasteiger charge is -2.06. The third-order valence-electron chi connectivity index (χ3n) is 3.16. The second-order valence-corrected chi connectivity index (χ2v) is 5.72. The summed E-state index contributed by atoms with van der Waals surface area (Å²) >= 11 is 3.49. The molecule has 0 radical (unpaired) electrons. The van der Waals surface area contributed by atoms with Gasteiger partial charge in [0.2, 0.25) is 0 Å². The first-order valence-corrected chi connectivity index (χ1v) is 7.22. The van der Waals surface area contributed by atoms with Crippen molar-refractivity contribution in [3.63, 3.8) is 0 Å². The second kappa shape index (κ2) is 5.29. The lowest BCUT2D eigenvalue weighted by molar-refractivity contribution is 0.768. The molecule has 0 saturated carbocycles. The molecule has 0 aliphatic rings. The van der Waals surface area contributed by atoms with Gasteiger partial charge >= 0.3 is 0 Å². The Hall–Kier alpha value is -2.21. The normalized spacial score (nSPS) is 10.8. The number of aryl methyl sites for hydroxylation is 2. The number of nitrogens with zero attached hydrogens (tertiary/aromatic N) is 4. The van der Waals surface area contributed by atoms with Crippen LogP contribution in [0, 0.1) is 6.92 Å². The standard InChI is InChI=1S/C15H14BrN5/c1-9-5-10(3-4-12(9)16)15-19-13(6-14(17)20-15)11-7-18-21(2)8-11/h3-8H,1-2H3,(H2,17,19,20). The highest BCUT2D eigenvalue weighted by Gasteiger charge is 2.09. The molecule has 0 amide bonds. The number of anilines is 1. The predicted molar refractivity (Wildman–Crippen MR) is 86.5 cm³/mol. The smallest absolute Gasteiger partial charge is 0.162 e. The summed E-state index contributed by atoms with van der Waals surface area (Å²) in [5, 5.41) is 4.16. The minimum atomic E-state index is 0.444. The molecule has 3 aromatic rings. The van der Waals surface area contributed by atoms with Crippen LogP contribution in [0.1, 0.15) is 5.56 Å². The van der Waals surface area contributed by atoms with Crippen LogP contribution in [0.25, 0.3) is 22.6 Å². The zero-order valence-electron chi connectivity index (χ0n) is 11.7. The molecule has 0 fully saturated rings. The Labute approximate surface area is 131 Å². The zero-order valence-corrected chi connectivity index (χ0v) is 13.3. The SMILES string of the molecule is Cc1cc(-c2nc(N)cc(-c3cnn(C)c3)n2)ccc1Br. The lowest BCUT2D eigenvalue weighted by atomic mass is 10.1. The molecule has 0 atom stereocenters. The number of nitrogen functional groups attached to an aromatic ring is 1. The summed E-state index contributed by atoms with van der Waals surface area (Å²) < 4.78 is 2.79. The van der Waals surface area contributed by atoms with Gasteiger partial charge in [-0.3, -0.25) is 4.68 Å². The summed E-state index contributed by atoms with van der Waals surface area (Å²) in [6.07, 6.45) is 3.66. The molecular formula is C15H14BrN5. The number of rotatable bonds is 2. The van der Waals surface area contributed by atoms with E-state index < -0.39 is 0 Å². The van der Waals surface area contributed by atoms with Crippen LogP contribution in [0.4, 0.5) is 5.82 Å². The summed E-state index contributed by atoms with van der Waals surface area (Å²) in [4.78, 5) is 8.93. The van der Waals surface area contributed by atoms with Gasteiger partial charge in [-0.1, -0.05) is 22.0 Å². The van der Waals surface area contributed by atoms with Crippen LogP contribution in [0.5, 0.6) is 0 Å². The van der Waals surface area contributed by atoms with Gasteiger partial charge in [-0.25, -0.2) is 9.97 Å². The Morgan fingerprint density at radius 2 is 1.95 bits per heavy atom. The molecular weight excluding hydrogens is 330 g/mol. The number of hydrogen-bond donors (Lipinski definition) is 1. The molecule has 2 heterocycles. The minimum Gasteiger partial charge on any atom is -0.384 e. The Balaban J connectivity index is 2.11. The molecule has 21 heavy (non-hydrogen) atoms. The number of hydrogen-bond acceptors (Lipinski definition) is 4. The van der Waals surface area contributed by atoms with Crippen molar-refractivity contribution in [3.05, 3.63) is 46.7 Å². The molecule has 2 aromatic heterocycles. The molecule has 5 nitrogen and oxygen atoms in total. The van der Waals surface area contributed by atoms with E-state index in [1.165, 1.54) is 0 Å². The zero-order chi connectivity index (χ0) is 15.0. The van der Waals surface area contributed by atoms with Gasteiger partial charge in [-0.2, -0.15) is 5.10 Å². The summed E-state index contributed by atoms with van der Waals surface area (Å²) in [6, 6.07) is 7.75. The van der Waals surface area contributed by atoms with Crippen LogP contribution in [-0.2, 0) is 7.05 Å². The molecule has 1 aromatic carbocycles.